The van der Waals surface area contributed by atoms with E-state index in [0.717, 1.165) is 54.8 Å². The van der Waals surface area contributed by atoms with E-state index in [-0.39, 0.29) is 5.91 Å². The maximum atomic E-state index is 12.0. The van der Waals surface area contributed by atoms with Gasteiger partial charge in [0.25, 0.3) is 0 Å². The molecular formula is C23H35N7O2. The topological polar surface area (TPSA) is 87.0 Å². The first kappa shape index (κ1) is 23.7. The molecule has 1 saturated heterocycles. The Hall–Kier alpha value is -2.91. The number of nitrogens with zero attached hydrogens (tertiary/aromatic N) is 5. The van der Waals surface area contributed by atoms with Gasteiger partial charge in [-0.2, -0.15) is 5.10 Å². The van der Waals surface area contributed by atoms with Crippen molar-refractivity contribution < 1.29 is 9.53 Å². The van der Waals surface area contributed by atoms with Gasteiger partial charge in [-0.05, 0) is 31.5 Å². The van der Waals surface area contributed by atoms with Gasteiger partial charge in [0, 0.05) is 59.1 Å². The number of nitrogens with one attached hydrogen (secondary N) is 2. The van der Waals surface area contributed by atoms with E-state index in [4.69, 9.17) is 4.74 Å². The molecule has 1 aromatic heterocycles. The van der Waals surface area contributed by atoms with Gasteiger partial charge in [-0.25, -0.2) is 4.68 Å². The molecule has 32 heavy (non-hydrogen) atoms. The second kappa shape index (κ2) is 11.6. The molecule has 3 rings (SSSR count). The Balaban J connectivity index is 1.53. The van der Waals surface area contributed by atoms with Crippen molar-refractivity contribution in [3.8, 4) is 5.69 Å². The molecule has 2 heterocycles. The van der Waals surface area contributed by atoms with Crippen LogP contribution < -0.4 is 10.6 Å². The molecule has 0 saturated carbocycles. The Labute approximate surface area is 190 Å². The summed E-state index contributed by atoms with van der Waals surface area (Å²) in [6, 6.07) is 10.4. The molecule has 1 amide bonds. The summed E-state index contributed by atoms with van der Waals surface area (Å²) in [5.41, 5.74) is 4.35. The molecule has 1 aromatic carbocycles. The van der Waals surface area contributed by atoms with Crippen molar-refractivity contribution >= 4 is 11.9 Å². The number of hydrogen-bond acceptors (Lipinski definition) is 5. The number of carbonyl (C=O) groups is 1. The molecule has 9 heteroatoms. The predicted octanol–water partition coefficient (Wildman–Crippen LogP) is 0.945. The van der Waals surface area contributed by atoms with E-state index in [0.29, 0.717) is 26.2 Å². The number of rotatable bonds is 8. The van der Waals surface area contributed by atoms with E-state index in [9.17, 15) is 4.79 Å². The standard InChI is InChI=1S/C23H35N7O2/c1-18-15-19(2)30(27-18)21-8-6-5-7-20(21)16-26-23(24-3)29-12-10-28(11-13-29)17-22(31)25-9-14-32-4/h5-8,15H,9-14,16-17H2,1-4H3,(H,24,26)(H,25,31). The van der Waals surface area contributed by atoms with Crippen molar-refractivity contribution in [1.29, 1.82) is 0 Å². The van der Waals surface area contributed by atoms with Crippen LogP contribution in [0.25, 0.3) is 5.69 Å². The number of aliphatic imine (C=N–C) groups is 1. The highest BCUT2D eigenvalue weighted by molar-refractivity contribution is 5.80. The largest absolute Gasteiger partial charge is 0.383 e. The SMILES string of the molecule is CN=C(NCc1ccccc1-n1nc(C)cc1C)N1CCN(CC(=O)NCCOC)CC1. The summed E-state index contributed by atoms with van der Waals surface area (Å²) in [6.45, 7) is 9.52. The maximum Gasteiger partial charge on any atom is 0.234 e. The molecule has 0 spiro atoms. The molecule has 2 N–H and O–H groups in total. The molecule has 2 aromatic rings. The van der Waals surface area contributed by atoms with Gasteiger partial charge >= 0.3 is 0 Å². The Bertz CT molecular complexity index is 917. The fourth-order valence-electron chi connectivity index (χ4n) is 3.92. The third-order valence-corrected chi connectivity index (χ3v) is 5.55. The number of piperazine rings is 1. The summed E-state index contributed by atoms with van der Waals surface area (Å²) in [5.74, 6) is 0.913. The minimum atomic E-state index is 0.0405. The summed E-state index contributed by atoms with van der Waals surface area (Å²) in [6.07, 6.45) is 0. The average molecular weight is 442 g/mol. The first-order chi connectivity index (χ1) is 15.5. The molecule has 9 nitrogen and oxygen atoms in total. The first-order valence-corrected chi connectivity index (χ1v) is 11.1. The molecule has 1 fully saturated rings. The van der Waals surface area contributed by atoms with Gasteiger partial charge in [-0.1, -0.05) is 18.2 Å². The van der Waals surface area contributed by atoms with E-state index >= 15 is 0 Å². The lowest BCUT2D eigenvalue weighted by Gasteiger charge is -2.36. The van der Waals surface area contributed by atoms with Crippen molar-refractivity contribution in [1.82, 2.24) is 30.2 Å². The van der Waals surface area contributed by atoms with Crippen LogP contribution in [0.2, 0.25) is 0 Å². The minimum Gasteiger partial charge on any atom is -0.383 e. The Morgan fingerprint density at radius 2 is 1.91 bits per heavy atom. The number of methoxy groups -OCH3 is 1. The molecule has 0 radical (unpaired) electrons. The van der Waals surface area contributed by atoms with E-state index in [1.807, 2.05) is 30.8 Å². The Kier molecular flexibility index (Phi) is 8.64. The Morgan fingerprint density at radius 1 is 1.16 bits per heavy atom. The number of hydrogen-bond donors (Lipinski definition) is 2. The summed E-state index contributed by atoms with van der Waals surface area (Å²) in [4.78, 5) is 20.9. The van der Waals surface area contributed by atoms with Crippen LogP contribution in [-0.2, 0) is 16.1 Å². The molecule has 0 unspecified atom stereocenters. The normalized spacial score (nSPS) is 15.1. The lowest BCUT2D eigenvalue weighted by atomic mass is 10.1. The zero-order valence-electron chi connectivity index (χ0n) is 19.6. The second-order valence-electron chi connectivity index (χ2n) is 7.97. The molecule has 1 aliphatic rings. The first-order valence-electron chi connectivity index (χ1n) is 11.1. The van der Waals surface area contributed by atoms with Gasteiger partial charge in [0.05, 0.1) is 24.5 Å². The number of guanidine groups is 1. The van der Waals surface area contributed by atoms with Gasteiger partial charge in [0.1, 0.15) is 0 Å². The van der Waals surface area contributed by atoms with Crippen molar-refractivity contribution in [2.24, 2.45) is 4.99 Å². The summed E-state index contributed by atoms with van der Waals surface area (Å²) in [7, 11) is 3.44. The molecular weight excluding hydrogens is 406 g/mol. The highest BCUT2D eigenvalue weighted by Crippen LogP contribution is 2.17. The highest BCUT2D eigenvalue weighted by Gasteiger charge is 2.21. The number of aromatic nitrogens is 2. The van der Waals surface area contributed by atoms with Crippen LogP contribution in [0.4, 0.5) is 0 Å². The van der Waals surface area contributed by atoms with Crippen LogP contribution in [0.15, 0.2) is 35.3 Å². The van der Waals surface area contributed by atoms with Crippen molar-refractivity contribution in [2.75, 3.05) is 60.0 Å². The average Bonchev–Trinajstić information content (AvgIpc) is 3.13. The zero-order chi connectivity index (χ0) is 22.9. The van der Waals surface area contributed by atoms with Crippen LogP contribution in [0, 0.1) is 13.8 Å². The number of carbonyl (C=O) groups excluding carboxylic acids is 1. The molecule has 0 bridgehead atoms. The van der Waals surface area contributed by atoms with E-state index in [1.165, 1.54) is 0 Å². The quantitative estimate of drug-likeness (QED) is 0.360. The predicted molar refractivity (Wildman–Crippen MR) is 126 cm³/mol. The zero-order valence-corrected chi connectivity index (χ0v) is 19.6. The lowest BCUT2D eigenvalue weighted by molar-refractivity contribution is -0.122. The van der Waals surface area contributed by atoms with E-state index in [1.54, 1.807) is 7.11 Å². The van der Waals surface area contributed by atoms with Crippen molar-refractivity contribution in [3.05, 3.63) is 47.3 Å². The fraction of sp³-hybridized carbons (Fsp3) is 0.522. The number of para-hydroxylation sites is 1. The van der Waals surface area contributed by atoms with Crippen LogP contribution in [0.1, 0.15) is 17.0 Å². The summed E-state index contributed by atoms with van der Waals surface area (Å²) >= 11 is 0. The molecule has 174 valence electrons. The molecule has 0 atom stereocenters. The van der Waals surface area contributed by atoms with E-state index in [2.05, 4.69) is 55.6 Å². The van der Waals surface area contributed by atoms with Crippen LogP contribution in [0.3, 0.4) is 0 Å². The monoisotopic (exact) mass is 441 g/mol. The molecule has 0 aliphatic carbocycles. The third kappa shape index (κ3) is 6.30. The summed E-state index contributed by atoms with van der Waals surface area (Å²) < 4.78 is 6.96. The number of ether oxygens (including phenoxy) is 1. The van der Waals surface area contributed by atoms with Crippen LogP contribution >= 0.6 is 0 Å². The highest BCUT2D eigenvalue weighted by atomic mass is 16.5. The van der Waals surface area contributed by atoms with Gasteiger partial charge in [-0.15, -0.1) is 0 Å². The van der Waals surface area contributed by atoms with Crippen molar-refractivity contribution in [3.63, 3.8) is 0 Å². The van der Waals surface area contributed by atoms with Gasteiger partial charge in [-0.3, -0.25) is 14.7 Å². The second-order valence-corrected chi connectivity index (χ2v) is 7.97. The van der Waals surface area contributed by atoms with Gasteiger partial charge < -0.3 is 20.3 Å². The Morgan fingerprint density at radius 3 is 2.56 bits per heavy atom. The van der Waals surface area contributed by atoms with E-state index < -0.39 is 0 Å². The van der Waals surface area contributed by atoms with Gasteiger partial charge in [0.15, 0.2) is 5.96 Å². The number of benzene rings is 1. The van der Waals surface area contributed by atoms with Gasteiger partial charge in [0.2, 0.25) is 5.91 Å². The maximum absolute atomic E-state index is 12.0. The number of aryl methyl sites for hydroxylation is 2. The molecule has 1 aliphatic heterocycles. The third-order valence-electron chi connectivity index (χ3n) is 5.55. The minimum absolute atomic E-state index is 0.0405. The van der Waals surface area contributed by atoms with Crippen LogP contribution in [0.5, 0.6) is 0 Å². The lowest BCUT2D eigenvalue weighted by Crippen LogP contribution is -2.54. The smallest absolute Gasteiger partial charge is 0.234 e. The fourth-order valence-corrected chi connectivity index (χ4v) is 3.92. The van der Waals surface area contributed by atoms with Crippen molar-refractivity contribution in [2.45, 2.75) is 20.4 Å². The van der Waals surface area contributed by atoms with Crippen LogP contribution in [-0.4, -0.2) is 91.5 Å². The number of amides is 1. The summed E-state index contributed by atoms with van der Waals surface area (Å²) in [5, 5.41) is 11.0.